The fourth-order valence-electron chi connectivity index (χ4n) is 12.1. The number of para-hydroxylation sites is 3. The molecule has 0 radical (unpaired) electrons. The van der Waals surface area contributed by atoms with Gasteiger partial charge in [0.15, 0.2) is 0 Å². The van der Waals surface area contributed by atoms with Gasteiger partial charge in [-0.1, -0.05) is 171 Å². The van der Waals surface area contributed by atoms with E-state index in [4.69, 9.17) is 4.42 Å². The van der Waals surface area contributed by atoms with Crippen LogP contribution in [0.15, 0.2) is 223 Å². The Kier molecular flexibility index (Phi) is 7.48. The highest BCUT2D eigenvalue weighted by atomic mass is 28.3. The van der Waals surface area contributed by atoms with Gasteiger partial charge in [-0.3, -0.25) is 0 Å². The quantitative estimate of drug-likeness (QED) is 0.165. The zero-order valence-corrected chi connectivity index (χ0v) is 37.1. The molecule has 306 valence electrons. The van der Waals surface area contributed by atoms with E-state index in [1.54, 1.807) is 0 Å². The third-order valence-electron chi connectivity index (χ3n) is 14.8. The minimum atomic E-state index is -2.37. The average Bonchev–Trinajstić information content (AvgIpc) is 3.91. The van der Waals surface area contributed by atoms with E-state index in [9.17, 15) is 0 Å². The van der Waals surface area contributed by atoms with Crippen molar-refractivity contribution in [3.63, 3.8) is 0 Å². The number of benzene rings is 10. The molecule has 14 rings (SSSR count). The molecular formula is C61H42N2OSi. The summed E-state index contributed by atoms with van der Waals surface area (Å²) in [6, 6.07) is 81.4. The van der Waals surface area contributed by atoms with Crippen LogP contribution in [-0.4, -0.2) is 12.6 Å². The molecular weight excluding hydrogens is 805 g/mol. The fraction of sp³-hybridized carbons (Fsp3) is 0.0492. The lowest BCUT2D eigenvalue weighted by Crippen LogP contribution is -2.63. The minimum Gasteiger partial charge on any atom is -0.456 e. The Morgan fingerprint density at radius 2 is 1.06 bits per heavy atom. The van der Waals surface area contributed by atoms with Crippen molar-refractivity contribution in [3.05, 3.63) is 241 Å². The molecule has 0 saturated heterocycles. The maximum atomic E-state index is 6.61. The maximum Gasteiger partial charge on any atom is 0.137 e. The first-order valence-electron chi connectivity index (χ1n) is 22.7. The highest BCUT2D eigenvalue weighted by molar-refractivity contribution is 7.01. The monoisotopic (exact) mass is 846 g/mol. The van der Waals surface area contributed by atoms with Crippen LogP contribution >= 0.6 is 0 Å². The predicted molar refractivity (Wildman–Crippen MR) is 274 cm³/mol. The van der Waals surface area contributed by atoms with E-state index in [1.165, 1.54) is 70.8 Å². The molecule has 4 heteroatoms. The number of hydrogen-bond acceptors (Lipinski definition) is 2. The van der Waals surface area contributed by atoms with E-state index >= 15 is 0 Å². The third-order valence-corrected chi connectivity index (χ3v) is 18.4. The number of rotatable bonds is 4. The van der Waals surface area contributed by atoms with Crippen LogP contribution in [-0.2, 0) is 5.41 Å². The molecule has 1 spiro atoms. The largest absolute Gasteiger partial charge is 0.456 e. The first kappa shape index (κ1) is 36.5. The first-order chi connectivity index (χ1) is 32.0. The summed E-state index contributed by atoms with van der Waals surface area (Å²) in [5.74, 6) is 0. The second kappa shape index (κ2) is 13.3. The average molecular weight is 847 g/mol. The smallest absolute Gasteiger partial charge is 0.137 e. The molecule has 10 aromatic carbocycles. The molecule has 3 nitrogen and oxygen atoms in total. The molecule has 0 fully saturated rings. The Bertz CT molecular complexity index is 3950. The van der Waals surface area contributed by atoms with E-state index in [-0.39, 0.29) is 0 Å². The Balaban J connectivity index is 1.09. The van der Waals surface area contributed by atoms with Crippen molar-refractivity contribution in [2.75, 3.05) is 4.90 Å². The van der Waals surface area contributed by atoms with Crippen molar-refractivity contribution in [2.24, 2.45) is 0 Å². The van der Waals surface area contributed by atoms with E-state index in [2.05, 4.69) is 241 Å². The maximum absolute atomic E-state index is 6.61. The van der Waals surface area contributed by atoms with Crippen molar-refractivity contribution >= 4 is 90.0 Å². The van der Waals surface area contributed by atoms with E-state index < -0.39 is 13.5 Å². The minimum absolute atomic E-state index is 0.515. The molecule has 1 unspecified atom stereocenters. The van der Waals surface area contributed by atoms with E-state index in [1.807, 2.05) is 0 Å². The number of anilines is 3. The Morgan fingerprint density at radius 1 is 0.431 bits per heavy atom. The van der Waals surface area contributed by atoms with Crippen molar-refractivity contribution in [2.45, 2.75) is 18.5 Å². The van der Waals surface area contributed by atoms with Gasteiger partial charge >= 0.3 is 0 Å². The number of hydrogen-bond donors (Lipinski definition) is 0. The summed E-state index contributed by atoms with van der Waals surface area (Å²) in [4.78, 5) is 2.50. The predicted octanol–water partition coefficient (Wildman–Crippen LogP) is 14.8. The van der Waals surface area contributed by atoms with Crippen molar-refractivity contribution in [3.8, 4) is 16.8 Å². The highest BCUT2D eigenvalue weighted by Crippen LogP contribution is 2.57. The van der Waals surface area contributed by atoms with E-state index in [0.717, 1.165) is 50.2 Å². The SMILES string of the molecule is C[Si]1(C)c2ccccc2C2(c3ccccc3-c3cccc4cccc2c34)c2ccc(N(c3ccc4c5ccccc5n(-c5ccccc5)c4c3)c3cccc4oc5ccccc5c34)cc21. The van der Waals surface area contributed by atoms with Gasteiger partial charge in [-0.25, -0.2) is 0 Å². The standard InChI is InChI=1S/C61H42N2OSi/c1-65(2)57-32-13-10-26-49(57)61(48-25-9-6-21-43(48)46-24-14-17-39-18-15-27-51(61)59(39)46)50-36-34-42(38-58(50)65)62(53-29-16-31-56-60(53)47-23-8-12-30-55(47)64-56)41-33-35-45-44-22-7-11-28-52(44)63(54(45)37-41)40-19-4-3-5-20-40/h3-38H,1-2H3. The summed E-state index contributed by atoms with van der Waals surface area (Å²) < 4.78 is 9.02. The lowest BCUT2D eigenvalue weighted by molar-refractivity contribution is 0.669. The van der Waals surface area contributed by atoms with Gasteiger partial charge in [0.1, 0.15) is 19.2 Å². The zero-order chi connectivity index (χ0) is 43.0. The lowest BCUT2D eigenvalue weighted by atomic mass is 9.59. The second-order valence-electron chi connectivity index (χ2n) is 18.4. The summed E-state index contributed by atoms with van der Waals surface area (Å²) in [6.45, 7) is 5.12. The van der Waals surface area contributed by atoms with Gasteiger partial charge in [-0.2, -0.15) is 0 Å². The molecule has 1 aliphatic heterocycles. The molecule has 1 aliphatic carbocycles. The van der Waals surface area contributed by atoms with Crippen molar-refractivity contribution in [1.29, 1.82) is 0 Å². The third kappa shape index (κ3) is 4.84. The van der Waals surface area contributed by atoms with Crippen LogP contribution in [0, 0.1) is 0 Å². The van der Waals surface area contributed by atoms with Gasteiger partial charge in [0.25, 0.3) is 0 Å². The van der Waals surface area contributed by atoms with Gasteiger partial charge in [0.05, 0.1) is 27.5 Å². The topological polar surface area (TPSA) is 21.3 Å². The van der Waals surface area contributed by atoms with Crippen LogP contribution in [0.5, 0.6) is 0 Å². The molecule has 65 heavy (non-hydrogen) atoms. The molecule has 2 aliphatic rings. The Morgan fingerprint density at radius 3 is 1.95 bits per heavy atom. The second-order valence-corrected chi connectivity index (χ2v) is 22.7. The van der Waals surface area contributed by atoms with Gasteiger partial charge < -0.3 is 13.9 Å². The molecule has 0 amide bonds. The normalized spacial score (nSPS) is 15.7. The Hall–Kier alpha value is -7.92. The van der Waals surface area contributed by atoms with Gasteiger partial charge in [-0.15, -0.1) is 0 Å². The van der Waals surface area contributed by atoms with Crippen LogP contribution in [0.4, 0.5) is 17.1 Å². The highest BCUT2D eigenvalue weighted by Gasteiger charge is 2.52. The van der Waals surface area contributed by atoms with Crippen LogP contribution in [0.3, 0.4) is 0 Å². The molecule has 2 aromatic heterocycles. The fourth-order valence-corrected chi connectivity index (χ4v) is 15.3. The number of fused-ring (bicyclic) bond motifs is 14. The summed E-state index contributed by atoms with van der Waals surface area (Å²) in [5, 5.41) is 10.2. The first-order valence-corrected chi connectivity index (χ1v) is 25.7. The summed E-state index contributed by atoms with van der Waals surface area (Å²) in [7, 11) is -2.37. The molecule has 0 N–H and O–H groups in total. The number of aromatic nitrogens is 1. The number of furan rings is 1. The zero-order valence-electron chi connectivity index (χ0n) is 36.1. The van der Waals surface area contributed by atoms with Crippen LogP contribution < -0.4 is 15.3 Å². The van der Waals surface area contributed by atoms with Gasteiger partial charge in [0, 0.05) is 33.2 Å². The summed E-state index contributed by atoms with van der Waals surface area (Å²) >= 11 is 0. The number of nitrogens with zero attached hydrogens (tertiary/aromatic N) is 2. The van der Waals surface area contributed by atoms with Gasteiger partial charge in [-0.05, 0) is 115 Å². The van der Waals surface area contributed by atoms with Gasteiger partial charge in [0.2, 0.25) is 0 Å². The summed E-state index contributed by atoms with van der Waals surface area (Å²) in [6.07, 6.45) is 0. The lowest BCUT2D eigenvalue weighted by Gasteiger charge is -2.50. The molecule has 1 atom stereocenters. The van der Waals surface area contributed by atoms with Crippen molar-refractivity contribution < 1.29 is 4.42 Å². The molecule has 0 bridgehead atoms. The molecule has 0 saturated carbocycles. The van der Waals surface area contributed by atoms with E-state index in [0.29, 0.717) is 0 Å². The van der Waals surface area contributed by atoms with Crippen molar-refractivity contribution in [1.82, 2.24) is 4.57 Å². The molecule has 3 heterocycles. The van der Waals surface area contributed by atoms with Crippen LogP contribution in [0.1, 0.15) is 22.3 Å². The van der Waals surface area contributed by atoms with Crippen LogP contribution in [0.2, 0.25) is 13.1 Å². The van der Waals surface area contributed by atoms with Crippen LogP contribution in [0.25, 0.3) is 71.3 Å². The summed E-state index contributed by atoms with van der Waals surface area (Å²) in [5.41, 5.74) is 16.2. The molecule has 12 aromatic rings. The Labute approximate surface area is 378 Å².